The van der Waals surface area contributed by atoms with Gasteiger partial charge in [-0.25, -0.2) is 0 Å². The molecule has 0 aromatic heterocycles. The Kier molecular flexibility index (Phi) is 4.27. The molecule has 0 aliphatic heterocycles. The maximum Gasteiger partial charge on any atom is 0.305 e. The molecule has 2 aromatic rings. The number of aryl methyl sites for hydroxylation is 1. The standard InChI is InChI=1S/C15H13FN2O3/c1-2-10-4-3-5-12(8-10)17-15(19)11-6-7-13(16)14(9-11)18(20)21/h3-9H,2H2,1H3,(H,17,19). The van der Waals surface area contributed by atoms with Crippen molar-refractivity contribution in [1.82, 2.24) is 0 Å². The van der Waals surface area contributed by atoms with Gasteiger partial charge in [-0.2, -0.15) is 4.39 Å². The summed E-state index contributed by atoms with van der Waals surface area (Å²) in [5, 5.41) is 13.3. The van der Waals surface area contributed by atoms with Crippen LogP contribution in [0.15, 0.2) is 42.5 Å². The molecular formula is C15H13FN2O3. The zero-order chi connectivity index (χ0) is 15.4. The van der Waals surface area contributed by atoms with Gasteiger partial charge in [0.05, 0.1) is 4.92 Å². The van der Waals surface area contributed by atoms with Gasteiger partial charge in [-0.05, 0) is 36.2 Å². The van der Waals surface area contributed by atoms with Crippen molar-refractivity contribution >= 4 is 17.3 Å². The maximum atomic E-state index is 13.2. The highest BCUT2D eigenvalue weighted by molar-refractivity contribution is 6.04. The molecule has 0 spiro atoms. The van der Waals surface area contributed by atoms with Gasteiger partial charge < -0.3 is 5.32 Å². The van der Waals surface area contributed by atoms with Gasteiger partial charge in [0.2, 0.25) is 5.82 Å². The first-order chi connectivity index (χ1) is 10.0. The van der Waals surface area contributed by atoms with Crippen LogP contribution in [0.25, 0.3) is 0 Å². The van der Waals surface area contributed by atoms with E-state index in [-0.39, 0.29) is 5.56 Å². The molecule has 0 fully saturated rings. The molecule has 0 saturated heterocycles. The summed E-state index contributed by atoms with van der Waals surface area (Å²) in [4.78, 5) is 21.9. The molecule has 6 heteroatoms. The Hall–Kier alpha value is -2.76. The van der Waals surface area contributed by atoms with Gasteiger partial charge >= 0.3 is 5.69 Å². The molecule has 1 N–H and O–H groups in total. The van der Waals surface area contributed by atoms with Crippen LogP contribution in [-0.4, -0.2) is 10.8 Å². The van der Waals surface area contributed by atoms with Gasteiger partial charge in [-0.3, -0.25) is 14.9 Å². The third-order valence-electron chi connectivity index (χ3n) is 3.00. The number of anilines is 1. The van der Waals surface area contributed by atoms with E-state index >= 15 is 0 Å². The molecule has 0 radical (unpaired) electrons. The summed E-state index contributed by atoms with van der Waals surface area (Å²) in [6, 6.07) is 10.3. The van der Waals surface area contributed by atoms with E-state index in [1.54, 1.807) is 6.07 Å². The van der Waals surface area contributed by atoms with Crippen molar-refractivity contribution in [1.29, 1.82) is 0 Å². The molecule has 0 aliphatic carbocycles. The normalized spacial score (nSPS) is 10.2. The zero-order valence-electron chi connectivity index (χ0n) is 11.3. The Bertz CT molecular complexity index is 701. The predicted molar refractivity (Wildman–Crippen MR) is 76.8 cm³/mol. The van der Waals surface area contributed by atoms with E-state index in [1.165, 1.54) is 6.07 Å². The van der Waals surface area contributed by atoms with E-state index in [9.17, 15) is 19.3 Å². The average Bonchev–Trinajstić information content (AvgIpc) is 2.47. The van der Waals surface area contributed by atoms with Crippen LogP contribution in [0, 0.1) is 15.9 Å². The van der Waals surface area contributed by atoms with Crippen LogP contribution < -0.4 is 5.32 Å². The Morgan fingerprint density at radius 2 is 2.05 bits per heavy atom. The first-order valence-electron chi connectivity index (χ1n) is 6.35. The molecule has 0 atom stereocenters. The molecule has 0 heterocycles. The second-order valence-corrected chi connectivity index (χ2v) is 4.43. The second-order valence-electron chi connectivity index (χ2n) is 4.43. The minimum Gasteiger partial charge on any atom is -0.322 e. The predicted octanol–water partition coefficient (Wildman–Crippen LogP) is 3.55. The number of nitrogens with one attached hydrogen (secondary N) is 1. The van der Waals surface area contributed by atoms with Crippen molar-refractivity contribution in [3.63, 3.8) is 0 Å². The van der Waals surface area contributed by atoms with Crippen LogP contribution in [0.2, 0.25) is 0 Å². The Balaban J connectivity index is 2.24. The number of carbonyl (C=O) groups excluding carboxylic acids is 1. The number of rotatable bonds is 4. The summed E-state index contributed by atoms with van der Waals surface area (Å²) in [5.74, 6) is -1.49. The van der Waals surface area contributed by atoms with Crippen LogP contribution in [0.3, 0.4) is 0 Å². The average molecular weight is 288 g/mol. The number of carbonyl (C=O) groups is 1. The van der Waals surface area contributed by atoms with E-state index in [4.69, 9.17) is 0 Å². The number of halogens is 1. The van der Waals surface area contributed by atoms with Crippen molar-refractivity contribution in [2.45, 2.75) is 13.3 Å². The fraction of sp³-hybridized carbons (Fsp3) is 0.133. The number of benzene rings is 2. The minimum atomic E-state index is -0.968. The molecule has 0 saturated carbocycles. The fourth-order valence-electron chi connectivity index (χ4n) is 1.87. The molecule has 5 nitrogen and oxygen atoms in total. The van der Waals surface area contributed by atoms with Crippen LogP contribution in [0.5, 0.6) is 0 Å². The van der Waals surface area contributed by atoms with Crippen LogP contribution >= 0.6 is 0 Å². The first kappa shape index (κ1) is 14.6. The lowest BCUT2D eigenvalue weighted by Gasteiger charge is -2.07. The van der Waals surface area contributed by atoms with Gasteiger partial charge in [0.25, 0.3) is 5.91 Å². The summed E-state index contributed by atoms with van der Waals surface area (Å²) in [7, 11) is 0. The number of nitrogens with zero attached hydrogens (tertiary/aromatic N) is 1. The summed E-state index contributed by atoms with van der Waals surface area (Å²) < 4.78 is 13.2. The van der Waals surface area contributed by atoms with Crippen LogP contribution in [-0.2, 0) is 6.42 Å². The Labute approximate surface area is 120 Å². The fourth-order valence-corrected chi connectivity index (χ4v) is 1.87. The van der Waals surface area contributed by atoms with E-state index < -0.39 is 22.3 Å². The number of nitro groups is 1. The minimum absolute atomic E-state index is 0.0324. The highest BCUT2D eigenvalue weighted by Crippen LogP contribution is 2.20. The molecule has 0 bridgehead atoms. The lowest BCUT2D eigenvalue weighted by molar-refractivity contribution is -0.387. The van der Waals surface area contributed by atoms with Crippen LogP contribution in [0.1, 0.15) is 22.8 Å². The van der Waals surface area contributed by atoms with Gasteiger partial charge in [0.15, 0.2) is 0 Å². The number of hydrogen-bond acceptors (Lipinski definition) is 3. The van der Waals surface area contributed by atoms with Crippen molar-refractivity contribution in [2.24, 2.45) is 0 Å². The lowest BCUT2D eigenvalue weighted by Crippen LogP contribution is -2.12. The summed E-state index contributed by atoms with van der Waals surface area (Å²) in [6.07, 6.45) is 0.825. The quantitative estimate of drug-likeness (QED) is 0.690. The molecular weight excluding hydrogens is 275 g/mol. The van der Waals surface area contributed by atoms with Gasteiger partial charge in [0.1, 0.15) is 0 Å². The van der Waals surface area contributed by atoms with E-state index in [1.807, 2.05) is 25.1 Å². The smallest absolute Gasteiger partial charge is 0.305 e. The number of amides is 1. The second kappa shape index (κ2) is 6.13. The number of nitro benzene ring substituents is 1. The third kappa shape index (κ3) is 3.42. The monoisotopic (exact) mass is 288 g/mol. The lowest BCUT2D eigenvalue weighted by atomic mass is 10.1. The van der Waals surface area contributed by atoms with Crippen molar-refractivity contribution in [3.8, 4) is 0 Å². The molecule has 0 unspecified atom stereocenters. The van der Waals surface area contributed by atoms with Crippen molar-refractivity contribution < 1.29 is 14.1 Å². The zero-order valence-corrected chi connectivity index (χ0v) is 11.3. The topological polar surface area (TPSA) is 72.2 Å². The van der Waals surface area contributed by atoms with Gasteiger partial charge in [-0.15, -0.1) is 0 Å². The van der Waals surface area contributed by atoms with Crippen molar-refractivity contribution in [2.75, 3.05) is 5.32 Å². The van der Waals surface area contributed by atoms with E-state index in [0.29, 0.717) is 5.69 Å². The van der Waals surface area contributed by atoms with E-state index in [0.717, 1.165) is 24.1 Å². The van der Waals surface area contributed by atoms with Gasteiger partial charge in [-0.1, -0.05) is 19.1 Å². The largest absolute Gasteiger partial charge is 0.322 e. The Morgan fingerprint density at radius 1 is 1.29 bits per heavy atom. The highest BCUT2D eigenvalue weighted by Gasteiger charge is 2.17. The van der Waals surface area contributed by atoms with Crippen LogP contribution in [0.4, 0.5) is 15.8 Å². The molecule has 1 amide bonds. The summed E-state index contributed by atoms with van der Waals surface area (Å²) >= 11 is 0. The molecule has 2 rings (SSSR count). The highest BCUT2D eigenvalue weighted by atomic mass is 19.1. The maximum absolute atomic E-state index is 13.2. The van der Waals surface area contributed by atoms with Crippen molar-refractivity contribution in [3.05, 3.63) is 69.5 Å². The Morgan fingerprint density at radius 3 is 2.71 bits per heavy atom. The summed E-state index contributed by atoms with van der Waals surface area (Å²) in [6.45, 7) is 1.99. The first-order valence-corrected chi connectivity index (χ1v) is 6.35. The molecule has 21 heavy (non-hydrogen) atoms. The summed E-state index contributed by atoms with van der Waals surface area (Å²) in [5.41, 5.74) is 0.958. The molecule has 0 aliphatic rings. The third-order valence-corrected chi connectivity index (χ3v) is 3.00. The van der Waals surface area contributed by atoms with Gasteiger partial charge in [0, 0.05) is 17.3 Å². The number of hydrogen-bond donors (Lipinski definition) is 1. The molecule has 108 valence electrons. The molecule has 2 aromatic carbocycles. The SMILES string of the molecule is CCc1cccc(NC(=O)c2ccc(F)c([N+](=O)[O-])c2)c1. The van der Waals surface area contributed by atoms with E-state index in [2.05, 4.69) is 5.32 Å².